The van der Waals surface area contributed by atoms with Crippen molar-refractivity contribution in [2.75, 3.05) is 31.5 Å². The molecule has 2 aliphatic heterocycles. The van der Waals surface area contributed by atoms with Crippen molar-refractivity contribution in [3.63, 3.8) is 0 Å². The zero-order valence-electron chi connectivity index (χ0n) is 20.0. The number of rotatable bonds is 5. The van der Waals surface area contributed by atoms with Crippen molar-refractivity contribution in [3.8, 4) is 12.1 Å². The molecule has 13 heteroatoms. The van der Waals surface area contributed by atoms with Crippen LogP contribution in [-0.2, 0) is 10.2 Å². The smallest absolute Gasteiger partial charge is 0.282 e. The van der Waals surface area contributed by atoms with Gasteiger partial charge in [-0.2, -0.15) is 32.5 Å². The minimum Gasteiger partial charge on any atom is -0.388 e. The number of nitriles is 2. The van der Waals surface area contributed by atoms with Crippen LogP contribution in [0.4, 0.5) is 5.95 Å². The number of anilines is 1. The number of hydrogen-bond donors (Lipinski definition) is 2. The molecule has 1 aliphatic carbocycles. The summed E-state index contributed by atoms with van der Waals surface area (Å²) in [7, 11) is -3.56. The van der Waals surface area contributed by atoms with Gasteiger partial charge in [-0.15, -0.1) is 0 Å². The van der Waals surface area contributed by atoms with Gasteiger partial charge in [-0.1, -0.05) is 0 Å². The van der Waals surface area contributed by atoms with Crippen molar-refractivity contribution in [1.29, 1.82) is 10.5 Å². The molecule has 36 heavy (non-hydrogen) atoms. The zero-order chi connectivity index (χ0) is 25.7. The number of hydrogen-bond acceptors (Lipinski definition) is 9. The van der Waals surface area contributed by atoms with E-state index >= 15 is 0 Å². The lowest BCUT2D eigenvalue weighted by atomic mass is 9.99. The summed E-state index contributed by atoms with van der Waals surface area (Å²) in [4.78, 5) is 22.1. The summed E-state index contributed by atoms with van der Waals surface area (Å²) in [6.45, 7) is 2.85. The number of aromatic nitrogens is 3. The van der Waals surface area contributed by atoms with Crippen molar-refractivity contribution in [1.82, 2.24) is 23.1 Å². The summed E-state index contributed by atoms with van der Waals surface area (Å²) in [5.41, 5.74) is -1.24. The molecule has 4 heterocycles. The summed E-state index contributed by atoms with van der Waals surface area (Å²) in [5.74, 6) is 0.0671. The van der Waals surface area contributed by atoms with Crippen LogP contribution >= 0.6 is 0 Å². The third kappa shape index (κ3) is 4.22. The predicted octanol–water partition coefficient (Wildman–Crippen LogP) is 0.716. The molecule has 0 unspecified atom stereocenters. The average Bonchev–Trinajstić information content (AvgIpc) is 3.16. The number of fused-ring (bicyclic) bond motifs is 1. The van der Waals surface area contributed by atoms with Gasteiger partial charge < -0.3 is 10.4 Å². The van der Waals surface area contributed by atoms with E-state index in [1.54, 1.807) is 13.1 Å². The number of pyridine rings is 1. The third-order valence-corrected chi connectivity index (χ3v) is 9.52. The average molecular weight is 513 g/mol. The summed E-state index contributed by atoms with van der Waals surface area (Å²) in [6, 6.07) is 4.93. The maximum absolute atomic E-state index is 13.1. The lowest BCUT2D eigenvalue weighted by Crippen LogP contribution is -2.56. The first-order valence-electron chi connectivity index (χ1n) is 12.1. The molecule has 0 bridgehead atoms. The molecule has 0 spiro atoms. The van der Waals surface area contributed by atoms with Crippen LogP contribution in [0.1, 0.15) is 50.6 Å². The van der Waals surface area contributed by atoms with Gasteiger partial charge in [0.2, 0.25) is 5.95 Å². The molecule has 2 aromatic rings. The Morgan fingerprint density at radius 1 is 1.19 bits per heavy atom. The van der Waals surface area contributed by atoms with Gasteiger partial charge in [-0.3, -0.25) is 9.36 Å². The number of aliphatic hydroxyl groups is 1. The Morgan fingerprint density at radius 2 is 1.92 bits per heavy atom. The van der Waals surface area contributed by atoms with Gasteiger partial charge >= 0.3 is 0 Å². The molecule has 1 saturated carbocycles. The largest absolute Gasteiger partial charge is 0.388 e. The van der Waals surface area contributed by atoms with Gasteiger partial charge in [0.1, 0.15) is 17.3 Å². The van der Waals surface area contributed by atoms with Crippen LogP contribution in [0.15, 0.2) is 17.1 Å². The van der Waals surface area contributed by atoms with E-state index in [0.717, 1.165) is 6.42 Å². The second-order valence-electron chi connectivity index (χ2n) is 10.1. The van der Waals surface area contributed by atoms with Crippen molar-refractivity contribution in [2.45, 2.75) is 56.7 Å². The quantitative estimate of drug-likeness (QED) is 0.586. The fourth-order valence-corrected chi connectivity index (χ4v) is 7.12. The van der Waals surface area contributed by atoms with E-state index < -0.39 is 27.4 Å². The standard InChI is InChI=1S/C23H28N8O4S/c1-23(33)6-2-3-19(23)31-20-17(9-16(11-25)21(31)32)12-26-22(28-20)27-18-4-7-29(8-5-18)36(34,35)30-13-15(10-24)14-30/h9,12,15,18-19,33H,2-8,13-14H2,1H3,(H,26,27,28)/t19-,23-/m1/s1. The van der Waals surface area contributed by atoms with E-state index in [1.165, 1.54) is 19.2 Å². The molecule has 0 radical (unpaired) electrons. The maximum atomic E-state index is 13.1. The Balaban J connectivity index is 1.35. The number of piperidine rings is 1. The minimum atomic E-state index is -3.56. The molecule has 2 aromatic heterocycles. The molecule has 2 N–H and O–H groups in total. The predicted molar refractivity (Wildman–Crippen MR) is 130 cm³/mol. The van der Waals surface area contributed by atoms with E-state index in [0.29, 0.717) is 55.8 Å². The van der Waals surface area contributed by atoms with Gasteiger partial charge in [0.05, 0.1) is 23.6 Å². The molecule has 190 valence electrons. The van der Waals surface area contributed by atoms with Crippen LogP contribution in [0.25, 0.3) is 11.0 Å². The first kappa shape index (κ1) is 24.6. The monoisotopic (exact) mass is 512 g/mol. The van der Waals surface area contributed by atoms with Crippen LogP contribution in [0.2, 0.25) is 0 Å². The summed E-state index contributed by atoms with van der Waals surface area (Å²) < 4.78 is 29.7. The Labute approximate surface area is 209 Å². The van der Waals surface area contributed by atoms with E-state index in [9.17, 15) is 23.6 Å². The van der Waals surface area contributed by atoms with Crippen molar-refractivity contribution < 1.29 is 13.5 Å². The topological polar surface area (TPSA) is 168 Å². The Hall–Kier alpha value is -3.10. The fourth-order valence-electron chi connectivity index (χ4n) is 5.38. The molecule has 5 rings (SSSR count). The first-order valence-corrected chi connectivity index (χ1v) is 13.5. The summed E-state index contributed by atoms with van der Waals surface area (Å²) >= 11 is 0. The lowest BCUT2D eigenvalue weighted by Gasteiger charge is -2.40. The molecule has 12 nitrogen and oxygen atoms in total. The van der Waals surface area contributed by atoms with Gasteiger partial charge in [-0.05, 0) is 45.1 Å². The third-order valence-electron chi connectivity index (χ3n) is 7.55. The molecule has 2 atom stereocenters. The molecule has 3 aliphatic rings. The van der Waals surface area contributed by atoms with Crippen LogP contribution in [-0.4, -0.2) is 74.5 Å². The van der Waals surface area contributed by atoms with E-state index in [-0.39, 0.29) is 30.6 Å². The van der Waals surface area contributed by atoms with Gasteiger partial charge in [0.25, 0.3) is 15.8 Å². The Kier molecular flexibility index (Phi) is 6.21. The lowest BCUT2D eigenvalue weighted by molar-refractivity contribution is 0.0266. The number of nitrogens with one attached hydrogen (secondary N) is 1. The normalized spacial score (nSPS) is 26.4. The SMILES string of the molecule is C[C@@]1(O)CCC[C@H]1n1c(=O)c(C#N)cc2cnc(NC3CCN(S(=O)(=O)N4CC(C#N)C4)CC3)nc21. The highest BCUT2D eigenvalue weighted by molar-refractivity contribution is 7.86. The summed E-state index contributed by atoms with van der Waals surface area (Å²) in [6.07, 6.45) is 4.56. The maximum Gasteiger partial charge on any atom is 0.282 e. The highest BCUT2D eigenvalue weighted by Crippen LogP contribution is 2.39. The van der Waals surface area contributed by atoms with Gasteiger partial charge in [-0.25, -0.2) is 4.98 Å². The van der Waals surface area contributed by atoms with E-state index in [1.807, 2.05) is 6.07 Å². The van der Waals surface area contributed by atoms with Crippen molar-refractivity contribution >= 4 is 27.2 Å². The van der Waals surface area contributed by atoms with Crippen LogP contribution in [0.3, 0.4) is 0 Å². The highest BCUT2D eigenvalue weighted by Gasteiger charge is 2.41. The van der Waals surface area contributed by atoms with E-state index in [4.69, 9.17) is 5.26 Å². The molecule has 0 amide bonds. The fraction of sp³-hybridized carbons (Fsp3) is 0.609. The van der Waals surface area contributed by atoms with Gasteiger partial charge in [0.15, 0.2) is 0 Å². The Morgan fingerprint density at radius 3 is 2.53 bits per heavy atom. The summed E-state index contributed by atoms with van der Waals surface area (Å²) in [5, 5.41) is 33.1. The second-order valence-corrected chi connectivity index (χ2v) is 12.0. The van der Waals surface area contributed by atoms with Crippen molar-refractivity contribution in [2.24, 2.45) is 5.92 Å². The van der Waals surface area contributed by atoms with Crippen molar-refractivity contribution in [3.05, 3.63) is 28.2 Å². The molecular weight excluding hydrogens is 484 g/mol. The molecule has 0 aromatic carbocycles. The second kappa shape index (κ2) is 9.09. The zero-order valence-corrected chi connectivity index (χ0v) is 20.8. The van der Waals surface area contributed by atoms with Crippen LogP contribution in [0, 0.1) is 28.6 Å². The van der Waals surface area contributed by atoms with E-state index in [2.05, 4.69) is 21.4 Å². The number of nitrogens with zero attached hydrogens (tertiary/aromatic N) is 7. The Bertz CT molecular complexity index is 1430. The minimum absolute atomic E-state index is 0.0219. The first-order chi connectivity index (χ1) is 17.1. The van der Waals surface area contributed by atoms with Crippen LogP contribution < -0.4 is 10.9 Å². The molecular formula is C23H28N8O4S. The van der Waals surface area contributed by atoms with Crippen LogP contribution in [0.5, 0.6) is 0 Å². The molecule has 3 fully saturated rings. The van der Waals surface area contributed by atoms with Gasteiger partial charge in [0, 0.05) is 43.8 Å². The molecule has 2 saturated heterocycles. The highest BCUT2D eigenvalue weighted by atomic mass is 32.2.